The Morgan fingerprint density at radius 1 is 1.00 bits per heavy atom. The van der Waals surface area contributed by atoms with Crippen LogP contribution in [0, 0.1) is 0 Å². The van der Waals surface area contributed by atoms with E-state index < -0.39 is 16.1 Å². The van der Waals surface area contributed by atoms with E-state index in [1.807, 2.05) is 30.3 Å². The Balaban J connectivity index is 2.00. The largest absolute Gasteiger partial charge is 0.351 e. The Morgan fingerprint density at radius 3 is 2.13 bits per heavy atom. The Hall–Kier alpha value is -2.18. The molecule has 0 aliphatic carbocycles. The summed E-state index contributed by atoms with van der Waals surface area (Å²) in [5, 5.41) is 2.76. The molecule has 5 nitrogen and oxygen atoms in total. The summed E-state index contributed by atoms with van der Waals surface area (Å²) in [7, 11) is -3.71. The molecule has 0 saturated carbocycles. The third kappa shape index (κ3) is 4.91. The highest BCUT2D eigenvalue weighted by molar-refractivity contribution is 7.89. The molecular formula is C17H20N2O3S. The van der Waals surface area contributed by atoms with E-state index in [1.54, 1.807) is 25.1 Å². The number of sulfonamides is 1. The van der Waals surface area contributed by atoms with E-state index >= 15 is 0 Å². The molecule has 2 rings (SSSR count). The van der Waals surface area contributed by atoms with Gasteiger partial charge in [-0.25, -0.2) is 8.42 Å². The third-order valence-corrected chi connectivity index (χ3v) is 4.87. The lowest BCUT2D eigenvalue weighted by molar-refractivity contribution is -0.122. The minimum absolute atomic E-state index is 0.148. The van der Waals surface area contributed by atoms with Crippen molar-refractivity contribution in [1.29, 1.82) is 0 Å². The van der Waals surface area contributed by atoms with Crippen molar-refractivity contribution in [1.82, 2.24) is 10.0 Å². The molecule has 2 aromatic rings. The van der Waals surface area contributed by atoms with Gasteiger partial charge in [-0.15, -0.1) is 0 Å². The number of amides is 1. The summed E-state index contributed by atoms with van der Waals surface area (Å²) < 4.78 is 27.0. The third-order valence-electron chi connectivity index (χ3n) is 3.39. The van der Waals surface area contributed by atoms with Crippen LogP contribution in [0.3, 0.4) is 0 Å². The van der Waals surface area contributed by atoms with Crippen molar-refractivity contribution in [2.24, 2.45) is 0 Å². The fourth-order valence-corrected chi connectivity index (χ4v) is 3.39. The number of rotatable bonds is 7. The average molecular weight is 332 g/mol. The van der Waals surface area contributed by atoms with Gasteiger partial charge in [0.1, 0.15) is 6.04 Å². The van der Waals surface area contributed by atoms with Crippen LogP contribution in [0.5, 0.6) is 0 Å². The van der Waals surface area contributed by atoms with Gasteiger partial charge in [0.05, 0.1) is 4.90 Å². The van der Waals surface area contributed by atoms with Gasteiger partial charge in [-0.1, -0.05) is 55.5 Å². The summed E-state index contributed by atoms with van der Waals surface area (Å²) in [5.41, 5.74) is 0.960. The average Bonchev–Trinajstić information content (AvgIpc) is 2.59. The number of nitrogens with one attached hydrogen (secondary N) is 2. The molecule has 0 saturated heterocycles. The maximum Gasteiger partial charge on any atom is 0.241 e. The summed E-state index contributed by atoms with van der Waals surface area (Å²) in [6, 6.07) is 16.7. The van der Waals surface area contributed by atoms with Crippen molar-refractivity contribution >= 4 is 15.9 Å². The molecule has 1 amide bonds. The molecule has 6 heteroatoms. The molecule has 1 atom stereocenters. The van der Waals surface area contributed by atoms with Crippen LogP contribution in [0.2, 0.25) is 0 Å². The van der Waals surface area contributed by atoms with Crippen LogP contribution in [0.15, 0.2) is 65.6 Å². The van der Waals surface area contributed by atoms with E-state index in [0.29, 0.717) is 13.0 Å². The zero-order chi connectivity index (χ0) is 16.7. The molecule has 0 bridgehead atoms. The van der Waals surface area contributed by atoms with E-state index in [4.69, 9.17) is 0 Å². The van der Waals surface area contributed by atoms with Crippen molar-refractivity contribution in [2.45, 2.75) is 30.8 Å². The fourth-order valence-electron chi connectivity index (χ4n) is 2.09. The molecule has 0 aliphatic rings. The summed E-state index contributed by atoms with van der Waals surface area (Å²) in [5.74, 6) is -0.337. The van der Waals surface area contributed by atoms with Gasteiger partial charge in [0.25, 0.3) is 0 Å². The molecule has 0 aliphatic heterocycles. The highest BCUT2D eigenvalue weighted by Crippen LogP contribution is 2.09. The van der Waals surface area contributed by atoms with Gasteiger partial charge in [-0.05, 0) is 24.1 Å². The minimum atomic E-state index is -3.71. The van der Waals surface area contributed by atoms with Crippen LogP contribution < -0.4 is 10.0 Å². The van der Waals surface area contributed by atoms with Crippen LogP contribution in [-0.4, -0.2) is 20.4 Å². The standard InChI is InChI=1S/C17H20N2O3S/c1-2-16(17(20)18-13-14-9-5-3-6-10-14)19-23(21,22)15-11-7-4-8-12-15/h3-12,16,19H,2,13H2,1H3,(H,18,20)/t16-/m0/s1. The topological polar surface area (TPSA) is 75.3 Å². The normalized spacial score (nSPS) is 12.6. The monoisotopic (exact) mass is 332 g/mol. The Kier molecular flexibility index (Phi) is 5.90. The predicted molar refractivity (Wildman–Crippen MR) is 89.1 cm³/mol. The van der Waals surface area contributed by atoms with E-state index in [9.17, 15) is 13.2 Å². The molecule has 2 N–H and O–H groups in total. The van der Waals surface area contributed by atoms with Crippen LogP contribution >= 0.6 is 0 Å². The molecule has 0 heterocycles. The van der Waals surface area contributed by atoms with Crippen LogP contribution in [0.1, 0.15) is 18.9 Å². The second kappa shape index (κ2) is 7.89. The van der Waals surface area contributed by atoms with Crippen LogP contribution in [0.4, 0.5) is 0 Å². The second-order valence-corrected chi connectivity index (χ2v) is 6.81. The van der Waals surface area contributed by atoms with Crippen molar-refractivity contribution in [2.75, 3.05) is 0 Å². The molecular weight excluding hydrogens is 312 g/mol. The Labute approximate surface area is 136 Å². The highest BCUT2D eigenvalue weighted by atomic mass is 32.2. The lowest BCUT2D eigenvalue weighted by Crippen LogP contribution is -2.46. The smallest absolute Gasteiger partial charge is 0.241 e. The number of benzene rings is 2. The van der Waals surface area contributed by atoms with Gasteiger partial charge in [0, 0.05) is 6.54 Å². The molecule has 0 radical (unpaired) electrons. The van der Waals surface area contributed by atoms with Crippen LogP contribution in [0.25, 0.3) is 0 Å². The zero-order valence-corrected chi connectivity index (χ0v) is 13.7. The Bertz CT molecular complexity index is 731. The van der Waals surface area contributed by atoms with Crippen molar-refractivity contribution in [3.05, 3.63) is 66.2 Å². The van der Waals surface area contributed by atoms with Crippen molar-refractivity contribution < 1.29 is 13.2 Å². The minimum Gasteiger partial charge on any atom is -0.351 e. The second-order valence-electron chi connectivity index (χ2n) is 5.10. The fraction of sp³-hybridized carbons (Fsp3) is 0.235. The number of carbonyl (C=O) groups is 1. The number of carbonyl (C=O) groups excluding carboxylic acids is 1. The van der Waals surface area contributed by atoms with E-state index in [1.165, 1.54) is 12.1 Å². The van der Waals surface area contributed by atoms with E-state index in [-0.39, 0.29) is 10.8 Å². The van der Waals surface area contributed by atoms with Gasteiger partial charge >= 0.3 is 0 Å². The van der Waals surface area contributed by atoms with Gasteiger partial charge in [-0.2, -0.15) is 4.72 Å². The molecule has 122 valence electrons. The summed E-state index contributed by atoms with van der Waals surface area (Å²) in [6.07, 6.45) is 0.368. The highest BCUT2D eigenvalue weighted by Gasteiger charge is 2.23. The first-order chi connectivity index (χ1) is 11.0. The van der Waals surface area contributed by atoms with E-state index in [0.717, 1.165) is 5.56 Å². The van der Waals surface area contributed by atoms with Gasteiger partial charge in [0.2, 0.25) is 15.9 Å². The van der Waals surface area contributed by atoms with Crippen molar-refractivity contribution in [3.8, 4) is 0 Å². The van der Waals surface area contributed by atoms with E-state index in [2.05, 4.69) is 10.0 Å². The summed E-state index contributed by atoms with van der Waals surface area (Å²) in [6.45, 7) is 2.13. The maximum atomic E-state index is 12.3. The molecule has 0 unspecified atom stereocenters. The lowest BCUT2D eigenvalue weighted by atomic mass is 10.2. The predicted octanol–water partition coefficient (Wildman–Crippen LogP) is 2.06. The molecule has 0 aromatic heterocycles. The maximum absolute atomic E-state index is 12.3. The molecule has 23 heavy (non-hydrogen) atoms. The first-order valence-corrected chi connectivity index (χ1v) is 8.90. The molecule has 0 fully saturated rings. The molecule has 0 spiro atoms. The quantitative estimate of drug-likeness (QED) is 0.815. The first kappa shape index (κ1) is 17.2. The van der Waals surface area contributed by atoms with Crippen molar-refractivity contribution in [3.63, 3.8) is 0 Å². The summed E-state index contributed by atoms with van der Waals surface area (Å²) in [4.78, 5) is 12.4. The first-order valence-electron chi connectivity index (χ1n) is 7.42. The number of hydrogen-bond donors (Lipinski definition) is 2. The summed E-state index contributed by atoms with van der Waals surface area (Å²) >= 11 is 0. The lowest BCUT2D eigenvalue weighted by Gasteiger charge is -2.17. The molecule has 2 aromatic carbocycles. The van der Waals surface area contributed by atoms with Gasteiger partial charge < -0.3 is 5.32 Å². The van der Waals surface area contributed by atoms with Crippen LogP contribution in [-0.2, 0) is 21.4 Å². The SMILES string of the molecule is CC[C@H](NS(=O)(=O)c1ccccc1)C(=O)NCc1ccccc1. The van der Waals surface area contributed by atoms with Gasteiger partial charge in [0.15, 0.2) is 0 Å². The zero-order valence-electron chi connectivity index (χ0n) is 12.9. The van der Waals surface area contributed by atoms with Gasteiger partial charge in [-0.3, -0.25) is 4.79 Å². The Morgan fingerprint density at radius 2 is 1.57 bits per heavy atom. The number of hydrogen-bond acceptors (Lipinski definition) is 3.